The van der Waals surface area contributed by atoms with Gasteiger partial charge in [-0.25, -0.2) is 0 Å². The SMILES string of the molecule is CCNC(=O)[C@H](C)N(CCc1ccccc1)C(=O)COc1ccc(OC)cc1. The third-order valence-electron chi connectivity index (χ3n) is 4.42. The summed E-state index contributed by atoms with van der Waals surface area (Å²) in [6.45, 7) is 4.42. The largest absolute Gasteiger partial charge is 0.497 e. The van der Waals surface area contributed by atoms with E-state index in [0.717, 1.165) is 5.56 Å². The smallest absolute Gasteiger partial charge is 0.261 e. The summed E-state index contributed by atoms with van der Waals surface area (Å²) in [6, 6.07) is 16.3. The Balaban J connectivity index is 2.02. The lowest BCUT2D eigenvalue weighted by atomic mass is 10.1. The first-order chi connectivity index (χ1) is 13.5. The van der Waals surface area contributed by atoms with Gasteiger partial charge in [-0.2, -0.15) is 0 Å². The van der Waals surface area contributed by atoms with Gasteiger partial charge < -0.3 is 19.7 Å². The van der Waals surface area contributed by atoms with Crippen molar-refractivity contribution in [2.24, 2.45) is 0 Å². The van der Waals surface area contributed by atoms with Crippen LogP contribution in [0.15, 0.2) is 54.6 Å². The van der Waals surface area contributed by atoms with E-state index in [1.54, 1.807) is 43.2 Å². The maximum Gasteiger partial charge on any atom is 0.261 e. The van der Waals surface area contributed by atoms with E-state index in [4.69, 9.17) is 9.47 Å². The van der Waals surface area contributed by atoms with E-state index in [1.165, 1.54) is 0 Å². The lowest BCUT2D eigenvalue weighted by molar-refractivity contribution is -0.141. The quantitative estimate of drug-likeness (QED) is 0.684. The summed E-state index contributed by atoms with van der Waals surface area (Å²) >= 11 is 0. The number of hydrogen-bond acceptors (Lipinski definition) is 4. The molecule has 1 atom stereocenters. The maximum atomic E-state index is 12.8. The molecule has 0 saturated carbocycles. The van der Waals surface area contributed by atoms with Crippen LogP contribution in [0.2, 0.25) is 0 Å². The predicted molar refractivity (Wildman–Crippen MR) is 108 cm³/mol. The second-order valence-electron chi connectivity index (χ2n) is 6.36. The molecule has 1 N–H and O–H groups in total. The third-order valence-corrected chi connectivity index (χ3v) is 4.42. The second-order valence-corrected chi connectivity index (χ2v) is 6.36. The van der Waals surface area contributed by atoms with Crippen molar-refractivity contribution in [3.8, 4) is 11.5 Å². The van der Waals surface area contributed by atoms with Gasteiger partial charge in [-0.1, -0.05) is 30.3 Å². The number of hydrogen-bond donors (Lipinski definition) is 1. The zero-order valence-corrected chi connectivity index (χ0v) is 16.7. The standard InChI is InChI=1S/C22H28N2O4/c1-4-23-22(26)17(2)24(15-14-18-8-6-5-7-9-18)21(25)16-28-20-12-10-19(27-3)11-13-20/h5-13,17H,4,14-16H2,1-3H3,(H,23,26)/t17-/m0/s1. The molecule has 150 valence electrons. The summed E-state index contributed by atoms with van der Waals surface area (Å²) in [5, 5.41) is 2.78. The minimum Gasteiger partial charge on any atom is -0.497 e. The summed E-state index contributed by atoms with van der Waals surface area (Å²) in [6.07, 6.45) is 0.666. The zero-order valence-electron chi connectivity index (χ0n) is 16.7. The van der Waals surface area contributed by atoms with Crippen molar-refractivity contribution < 1.29 is 19.1 Å². The highest BCUT2D eigenvalue weighted by Gasteiger charge is 2.25. The number of nitrogens with zero attached hydrogens (tertiary/aromatic N) is 1. The molecule has 6 nitrogen and oxygen atoms in total. The van der Waals surface area contributed by atoms with Crippen LogP contribution in [0.25, 0.3) is 0 Å². The molecular weight excluding hydrogens is 356 g/mol. The Morgan fingerprint density at radius 2 is 1.68 bits per heavy atom. The maximum absolute atomic E-state index is 12.8. The zero-order chi connectivity index (χ0) is 20.4. The molecule has 2 aromatic carbocycles. The van der Waals surface area contributed by atoms with E-state index in [0.29, 0.717) is 31.0 Å². The van der Waals surface area contributed by atoms with Crippen LogP contribution in [0.4, 0.5) is 0 Å². The number of carbonyl (C=O) groups excluding carboxylic acids is 2. The minimum absolute atomic E-state index is 0.134. The van der Waals surface area contributed by atoms with Gasteiger partial charge in [-0.15, -0.1) is 0 Å². The minimum atomic E-state index is -0.573. The highest BCUT2D eigenvalue weighted by atomic mass is 16.5. The fourth-order valence-electron chi connectivity index (χ4n) is 2.79. The van der Waals surface area contributed by atoms with Crippen molar-refractivity contribution in [1.82, 2.24) is 10.2 Å². The van der Waals surface area contributed by atoms with Gasteiger partial charge in [0.05, 0.1) is 7.11 Å². The van der Waals surface area contributed by atoms with Gasteiger partial charge in [0.25, 0.3) is 5.91 Å². The fourth-order valence-corrected chi connectivity index (χ4v) is 2.79. The van der Waals surface area contributed by atoms with Gasteiger partial charge in [0, 0.05) is 13.1 Å². The Bertz CT molecular complexity index is 747. The number of rotatable bonds is 10. The number of methoxy groups -OCH3 is 1. The Kier molecular flexibility index (Phi) is 8.34. The predicted octanol–water partition coefficient (Wildman–Crippen LogP) is 2.67. The Labute approximate surface area is 166 Å². The van der Waals surface area contributed by atoms with Gasteiger partial charge in [-0.3, -0.25) is 9.59 Å². The third kappa shape index (κ3) is 6.30. The van der Waals surface area contributed by atoms with Crippen LogP contribution in [0.1, 0.15) is 19.4 Å². The molecule has 0 aliphatic carbocycles. The van der Waals surface area contributed by atoms with Crippen molar-refractivity contribution in [3.05, 3.63) is 60.2 Å². The number of carbonyl (C=O) groups is 2. The van der Waals surface area contributed by atoms with Gasteiger partial charge in [0.15, 0.2) is 6.61 Å². The van der Waals surface area contributed by atoms with Crippen molar-refractivity contribution in [2.75, 3.05) is 26.8 Å². The van der Waals surface area contributed by atoms with Crippen LogP contribution in [0.5, 0.6) is 11.5 Å². The topological polar surface area (TPSA) is 67.9 Å². The van der Waals surface area contributed by atoms with Gasteiger partial charge in [0.1, 0.15) is 17.5 Å². The summed E-state index contributed by atoms with van der Waals surface area (Å²) in [5.41, 5.74) is 1.11. The lowest BCUT2D eigenvalue weighted by Gasteiger charge is -2.28. The van der Waals surface area contributed by atoms with Crippen LogP contribution in [0.3, 0.4) is 0 Å². The van der Waals surface area contributed by atoms with Gasteiger partial charge in [-0.05, 0) is 50.1 Å². The van der Waals surface area contributed by atoms with E-state index in [-0.39, 0.29) is 18.4 Å². The monoisotopic (exact) mass is 384 g/mol. The lowest BCUT2D eigenvalue weighted by Crippen LogP contribution is -2.50. The van der Waals surface area contributed by atoms with Gasteiger partial charge in [0.2, 0.25) is 5.91 Å². The van der Waals surface area contributed by atoms with Crippen LogP contribution < -0.4 is 14.8 Å². The second kappa shape index (κ2) is 11.0. The van der Waals surface area contributed by atoms with Crippen molar-refractivity contribution in [3.63, 3.8) is 0 Å². The molecule has 0 bridgehead atoms. The Hall–Kier alpha value is -3.02. The molecule has 0 fully saturated rings. The van der Waals surface area contributed by atoms with Crippen LogP contribution in [-0.4, -0.2) is 49.6 Å². The van der Waals surface area contributed by atoms with Gasteiger partial charge >= 0.3 is 0 Å². The normalized spacial score (nSPS) is 11.4. The molecular formula is C22H28N2O4. The fraction of sp³-hybridized carbons (Fsp3) is 0.364. The van der Waals surface area contributed by atoms with E-state index < -0.39 is 6.04 Å². The van der Waals surface area contributed by atoms with E-state index in [2.05, 4.69) is 5.32 Å². The Morgan fingerprint density at radius 1 is 1.04 bits per heavy atom. The Morgan fingerprint density at radius 3 is 2.29 bits per heavy atom. The molecule has 2 aromatic rings. The number of benzene rings is 2. The summed E-state index contributed by atoms with van der Waals surface area (Å²) in [7, 11) is 1.59. The number of ether oxygens (including phenoxy) is 2. The van der Waals surface area contributed by atoms with Crippen LogP contribution in [0, 0.1) is 0 Å². The molecule has 0 aliphatic rings. The molecule has 0 aromatic heterocycles. The molecule has 2 amide bonds. The summed E-state index contributed by atoms with van der Waals surface area (Å²) in [4.78, 5) is 26.7. The molecule has 0 heterocycles. The van der Waals surface area contributed by atoms with E-state index in [1.807, 2.05) is 37.3 Å². The first-order valence-corrected chi connectivity index (χ1v) is 9.43. The molecule has 0 saturated heterocycles. The first-order valence-electron chi connectivity index (χ1n) is 9.43. The average Bonchev–Trinajstić information content (AvgIpc) is 2.73. The molecule has 0 aliphatic heterocycles. The molecule has 6 heteroatoms. The van der Waals surface area contributed by atoms with E-state index in [9.17, 15) is 9.59 Å². The summed E-state index contributed by atoms with van der Waals surface area (Å²) in [5.74, 6) is 0.884. The van der Waals surface area contributed by atoms with Crippen LogP contribution >= 0.6 is 0 Å². The number of nitrogens with one attached hydrogen (secondary N) is 1. The highest BCUT2D eigenvalue weighted by Crippen LogP contribution is 2.17. The van der Waals surface area contributed by atoms with Crippen molar-refractivity contribution >= 4 is 11.8 Å². The average molecular weight is 384 g/mol. The molecule has 0 unspecified atom stereocenters. The highest BCUT2D eigenvalue weighted by molar-refractivity contribution is 5.87. The number of likely N-dealkylation sites (N-methyl/N-ethyl adjacent to an activating group) is 1. The molecule has 2 rings (SSSR count). The first kappa shape index (κ1) is 21.3. The summed E-state index contributed by atoms with van der Waals surface area (Å²) < 4.78 is 10.7. The van der Waals surface area contributed by atoms with Crippen molar-refractivity contribution in [2.45, 2.75) is 26.3 Å². The molecule has 0 spiro atoms. The molecule has 0 radical (unpaired) electrons. The van der Waals surface area contributed by atoms with Crippen LogP contribution in [-0.2, 0) is 16.0 Å². The number of amides is 2. The van der Waals surface area contributed by atoms with E-state index >= 15 is 0 Å². The van der Waals surface area contributed by atoms with Crippen molar-refractivity contribution in [1.29, 1.82) is 0 Å². The molecule has 28 heavy (non-hydrogen) atoms.